The minimum absolute atomic E-state index is 0.0258. The lowest BCUT2D eigenvalue weighted by Gasteiger charge is -2.07. The van der Waals surface area contributed by atoms with Gasteiger partial charge in [-0.05, 0) is 24.3 Å². The Morgan fingerprint density at radius 1 is 1.45 bits per heavy atom. The molecule has 0 aliphatic carbocycles. The number of Topliss-reactive ketones (excluding diaryl/α,β-unsaturated/α-hetero) is 1. The van der Waals surface area contributed by atoms with E-state index < -0.39 is 0 Å². The first kappa shape index (κ1) is 13.2. The maximum atomic E-state index is 11.3. The molecule has 0 fully saturated rings. The van der Waals surface area contributed by atoms with Crippen molar-refractivity contribution in [3.8, 4) is 17.1 Å². The number of furan rings is 1. The number of rotatable bonds is 3. The van der Waals surface area contributed by atoms with E-state index in [1.807, 2.05) is 6.07 Å². The van der Waals surface area contributed by atoms with Gasteiger partial charge in [0.15, 0.2) is 11.5 Å². The summed E-state index contributed by atoms with van der Waals surface area (Å²) >= 11 is 6.24. The molecule has 0 bridgehead atoms. The number of ketones is 1. The Hall–Kier alpha value is -1.78. The molecule has 3 rings (SSSR count). The Labute approximate surface area is 121 Å². The smallest absolute Gasteiger partial charge is 0.194 e. The first-order valence-corrected chi connectivity index (χ1v) is 6.76. The molecule has 0 amide bonds. The molecule has 20 heavy (non-hydrogen) atoms. The van der Waals surface area contributed by atoms with Crippen molar-refractivity contribution >= 4 is 17.4 Å². The van der Waals surface area contributed by atoms with Gasteiger partial charge in [-0.15, -0.1) is 0 Å². The van der Waals surface area contributed by atoms with Crippen LogP contribution in [-0.4, -0.2) is 18.4 Å². The van der Waals surface area contributed by atoms with E-state index in [0.29, 0.717) is 28.8 Å². The number of carbonyl (C=O) groups excluding carboxylic acids is 1. The lowest BCUT2D eigenvalue weighted by atomic mass is 10.1. The Kier molecular flexibility index (Phi) is 3.28. The zero-order chi connectivity index (χ0) is 14.3. The second kappa shape index (κ2) is 4.96. The van der Waals surface area contributed by atoms with Crippen molar-refractivity contribution in [2.75, 3.05) is 6.54 Å². The van der Waals surface area contributed by atoms with Crippen LogP contribution in [0.5, 0.6) is 5.75 Å². The molecule has 104 valence electrons. The molecule has 5 heteroatoms. The Morgan fingerprint density at radius 3 is 2.90 bits per heavy atom. The van der Waals surface area contributed by atoms with Crippen molar-refractivity contribution in [3.05, 3.63) is 40.6 Å². The average molecular weight is 292 g/mol. The molecule has 1 aliphatic rings. The number of ether oxygens (including phenoxy) is 1. The molecule has 1 atom stereocenters. The van der Waals surface area contributed by atoms with Gasteiger partial charge >= 0.3 is 0 Å². The number of fused-ring (bicyclic) bond motifs is 1. The Morgan fingerprint density at radius 2 is 2.25 bits per heavy atom. The van der Waals surface area contributed by atoms with Gasteiger partial charge in [-0.3, -0.25) is 4.79 Å². The fraction of sp³-hybridized carbons (Fsp3) is 0.267. The molecule has 1 unspecified atom stereocenters. The van der Waals surface area contributed by atoms with E-state index in [0.717, 1.165) is 17.5 Å². The Bertz CT molecular complexity index is 678. The molecular weight excluding hydrogens is 278 g/mol. The predicted molar refractivity (Wildman–Crippen MR) is 76.3 cm³/mol. The third-order valence-corrected chi connectivity index (χ3v) is 3.63. The van der Waals surface area contributed by atoms with Gasteiger partial charge in [-0.1, -0.05) is 11.6 Å². The third-order valence-electron chi connectivity index (χ3n) is 3.35. The van der Waals surface area contributed by atoms with Crippen molar-refractivity contribution in [2.45, 2.75) is 19.4 Å². The maximum absolute atomic E-state index is 11.3. The molecule has 0 spiro atoms. The first-order chi connectivity index (χ1) is 9.58. The van der Waals surface area contributed by atoms with E-state index in [1.54, 1.807) is 18.2 Å². The van der Waals surface area contributed by atoms with Crippen LogP contribution in [0.2, 0.25) is 5.02 Å². The van der Waals surface area contributed by atoms with Crippen molar-refractivity contribution in [1.82, 2.24) is 0 Å². The van der Waals surface area contributed by atoms with E-state index in [9.17, 15) is 4.79 Å². The Balaban J connectivity index is 2.00. The minimum atomic E-state index is -0.102. The van der Waals surface area contributed by atoms with Crippen LogP contribution in [0.4, 0.5) is 0 Å². The van der Waals surface area contributed by atoms with Crippen LogP contribution in [0.15, 0.2) is 28.7 Å². The maximum Gasteiger partial charge on any atom is 0.194 e. The molecule has 1 aromatic carbocycles. The fourth-order valence-electron chi connectivity index (χ4n) is 2.34. The van der Waals surface area contributed by atoms with Gasteiger partial charge in [-0.2, -0.15) is 0 Å². The second-order valence-corrected chi connectivity index (χ2v) is 5.25. The van der Waals surface area contributed by atoms with E-state index in [-0.39, 0.29) is 11.9 Å². The quantitative estimate of drug-likeness (QED) is 0.883. The molecule has 1 aromatic heterocycles. The third kappa shape index (κ3) is 2.21. The summed E-state index contributed by atoms with van der Waals surface area (Å²) in [7, 11) is 0. The van der Waals surface area contributed by atoms with Crippen molar-refractivity contribution in [3.63, 3.8) is 0 Å². The van der Waals surface area contributed by atoms with Gasteiger partial charge in [-0.25, -0.2) is 0 Å². The summed E-state index contributed by atoms with van der Waals surface area (Å²) in [6, 6.07) is 7.19. The molecule has 0 saturated heterocycles. The van der Waals surface area contributed by atoms with Crippen LogP contribution < -0.4 is 10.5 Å². The predicted octanol–water partition coefficient (Wildman–Crippen LogP) is 3.06. The number of hydrogen-bond acceptors (Lipinski definition) is 4. The molecule has 0 saturated carbocycles. The summed E-state index contributed by atoms with van der Waals surface area (Å²) in [5.74, 6) is 1.56. The standard InChI is InChI=1S/C15H14ClNO3/c1-8(18)13-2-3-14(20-13)9-4-10-5-11(7-17)19-15(10)12(16)6-9/h2-4,6,11H,5,7,17H2,1H3. The van der Waals surface area contributed by atoms with Gasteiger partial charge in [0.25, 0.3) is 0 Å². The second-order valence-electron chi connectivity index (χ2n) is 4.85. The van der Waals surface area contributed by atoms with Crippen molar-refractivity contribution in [1.29, 1.82) is 0 Å². The van der Waals surface area contributed by atoms with Crippen LogP contribution in [0, 0.1) is 0 Å². The van der Waals surface area contributed by atoms with Crippen LogP contribution in [0.1, 0.15) is 23.0 Å². The fourth-order valence-corrected chi connectivity index (χ4v) is 2.63. The monoisotopic (exact) mass is 291 g/mol. The van der Waals surface area contributed by atoms with Crippen molar-refractivity contribution in [2.24, 2.45) is 5.73 Å². The van der Waals surface area contributed by atoms with Crippen LogP contribution in [0.25, 0.3) is 11.3 Å². The summed E-state index contributed by atoms with van der Waals surface area (Å²) < 4.78 is 11.2. The van der Waals surface area contributed by atoms with E-state index >= 15 is 0 Å². The minimum Gasteiger partial charge on any atom is -0.487 e. The highest BCUT2D eigenvalue weighted by Crippen LogP contribution is 2.39. The molecule has 2 aromatic rings. The molecular formula is C15H14ClNO3. The zero-order valence-electron chi connectivity index (χ0n) is 11.0. The zero-order valence-corrected chi connectivity index (χ0v) is 11.7. The van der Waals surface area contributed by atoms with Crippen LogP contribution >= 0.6 is 11.6 Å². The average Bonchev–Trinajstić information content (AvgIpc) is 3.05. The van der Waals surface area contributed by atoms with E-state index in [1.165, 1.54) is 6.92 Å². The molecule has 4 nitrogen and oxygen atoms in total. The number of nitrogens with two attached hydrogens (primary N) is 1. The highest BCUT2D eigenvalue weighted by molar-refractivity contribution is 6.32. The lowest BCUT2D eigenvalue weighted by Crippen LogP contribution is -2.24. The summed E-state index contributed by atoms with van der Waals surface area (Å²) in [4.78, 5) is 11.3. The van der Waals surface area contributed by atoms with Crippen molar-refractivity contribution < 1.29 is 13.9 Å². The first-order valence-electron chi connectivity index (χ1n) is 6.38. The van der Waals surface area contributed by atoms with Gasteiger partial charge in [0, 0.05) is 31.0 Å². The topological polar surface area (TPSA) is 65.5 Å². The highest BCUT2D eigenvalue weighted by atomic mass is 35.5. The summed E-state index contributed by atoms with van der Waals surface area (Å²) in [6.45, 7) is 1.92. The van der Waals surface area contributed by atoms with Gasteiger partial charge in [0.05, 0.1) is 5.02 Å². The van der Waals surface area contributed by atoms with Gasteiger partial charge in [0.1, 0.15) is 17.6 Å². The molecule has 2 N–H and O–H groups in total. The number of hydrogen-bond donors (Lipinski definition) is 1. The van der Waals surface area contributed by atoms with Crippen LogP contribution in [0.3, 0.4) is 0 Å². The summed E-state index contributed by atoms with van der Waals surface area (Å²) in [5, 5.41) is 0.536. The van der Waals surface area contributed by atoms with E-state index in [4.69, 9.17) is 26.5 Å². The SMILES string of the molecule is CC(=O)c1ccc(-c2cc(Cl)c3c(c2)CC(CN)O3)o1. The van der Waals surface area contributed by atoms with Gasteiger partial charge < -0.3 is 14.9 Å². The summed E-state index contributed by atoms with van der Waals surface area (Å²) in [5.41, 5.74) is 7.48. The normalized spacial score (nSPS) is 16.9. The lowest BCUT2D eigenvalue weighted by molar-refractivity contribution is 0.0988. The van der Waals surface area contributed by atoms with Crippen LogP contribution in [-0.2, 0) is 6.42 Å². The van der Waals surface area contributed by atoms with E-state index in [2.05, 4.69) is 0 Å². The summed E-state index contributed by atoms with van der Waals surface area (Å²) in [6.07, 6.45) is 0.710. The highest BCUT2D eigenvalue weighted by Gasteiger charge is 2.25. The largest absolute Gasteiger partial charge is 0.487 e. The number of benzene rings is 1. The molecule has 2 heterocycles. The molecule has 1 aliphatic heterocycles. The number of halogens is 1. The number of carbonyl (C=O) groups is 1. The van der Waals surface area contributed by atoms with Gasteiger partial charge in [0.2, 0.25) is 0 Å². The molecule has 0 radical (unpaired) electrons.